The minimum atomic E-state index is 0.254. The van der Waals surface area contributed by atoms with Crippen LogP contribution in [0.1, 0.15) is 26.7 Å². The number of hydrogen-bond donors (Lipinski definition) is 1. The van der Waals surface area contributed by atoms with Crippen molar-refractivity contribution in [2.75, 3.05) is 13.1 Å². The Morgan fingerprint density at radius 3 is 2.85 bits per heavy atom. The Morgan fingerprint density at radius 2 is 2.31 bits per heavy atom. The highest BCUT2D eigenvalue weighted by Gasteiger charge is 2.26. The maximum Gasteiger partial charge on any atom is 0.0685 e. The summed E-state index contributed by atoms with van der Waals surface area (Å²) in [5.74, 6) is 3.44. The summed E-state index contributed by atoms with van der Waals surface area (Å²) in [5.41, 5.74) is 5.67. The fourth-order valence-electron chi connectivity index (χ4n) is 2.04. The Morgan fingerprint density at radius 1 is 1.62 bits per heavy atom. The highest BCUT2D eigenvalue weighted by Crippen LogP contribution is 2.22. The number of likely N-dealkylation sites (tertiary alicyclic amines) is 1. The molecule has 0 aliphatic carbocycles. The summed E-state index contributed by atoms with van der Waals surface area (Å²) in [7, 11) is 0. The molecular formula is C11H20N2. The van der Waals surface area contributed by atoms with Gasteiger partial charge >= 0.3 is 0 Å². The molecule has 0 aromatic heterocycles. The normalized spacial score (nSPS) is 32.5. The summed E-state index contributed by atoms with van der Waals surface area (Å²) >= 11 is 0. The molecule has 2 nitrogen and oxygen atoms in total. The fraction of sp³-hybridized carbons (Fsp3) is 0.818. The first kappa shape index (κ1) is 10.6. The Labute approximate surface area is 81.5 Å². The van der Waals surface area contributed by atoms with Gasteiger partial charge in [-0.05, 0) is 39.2 Å². The molecular weight excluding hydrogens is 160 g/mol. The van der Waals surface area contributed by atoms with Crippen LogP contribution in [0.25, 0.3) is 0 Å². The van der Waals surface area contributed by atoms with E-state index in [1.165, 1.54) is 12.8 Å². The average Bonchev–Trinajstić information content (AvgIpc) is 2.17. The van der Waals surface area contributed by atoms with Crippen molar-refractivity contribution in [2.24, 2.45) is 11.7 Å². The van der Waals surface area contributed by atoms with Gasteiger partial charge in [-0.2, -0.15) is 0 Å². The number of terminal acetylenes is 1. The van der Waals surface area contributed by atoms with Gasteiger partial charge in [0, 0.05) is 12.6 Å². The Balaban J connectivity index is 2.55. The van der Waals surface area contributed by atoms with E-state index in [1.54, 1.807) is 0 Å². The number of hydrogen-bond acceptors (Lipinski definition) is 2. The molecule has 74 valence electrons. The van der Waals surface area contributed by atoms with Gasteiger partial charge in [0.1, 0.15) is 0 Å². The van der Waals surface area contributed by atoms with Crippen LogP contribution < -0.4 is 5.73 Å². The molecule has 1 saturated heterocycles. The third-order valence-electron chi connectivity index (χ3n) is 3.10. The molecule has 0 bridgehead atoms. The number of rotatable bonds is 2. The Bertz CT molecular complexity index is 195. The van der Waals surface area contributed by atoms with Crippen LogP contribution in [0.3, 0.4) is 0 Å². The highest BCUT2D eigenvalue weighted by atomic mass is 15.2. The van der Waals surface area contributed by atoms with Crippen molar-refractivity contribution in [3.05, 3.63) is 0 Å². The molecule has 0 spiro atoms. The van der Waals surface area contributed by atoms with E-state index in [1.807, 2.05) is 0 Å². The minimum absolute atomic E-state index is 0.254. The van der Waals surface area contributed by atoms with E-state index < -0.39 is 0 Å². The van der Waals surface area contributed by atoms with Gasteiger partial charge in [-0.25, -0.2) is 0 Å². The van der Waals surface area contributed by atoms with Gasteiger partial charge in [-0.3, -0.25) is 4.90 Å². The van der Waals surface area contributed by atoms with Crippen LogP contribution in [0.4, 0.5) is 0 Å². The number of nitrogens with zero attached hydrogens (tertiary/aromatic N) is 1. The molecule has 13 heavy (non-hydrogen) atoms. The molecule has 3 unspecified atom stereocenters. The van der Waals surface area contributed by atoms with Crippen molar-refractivity contribution in [3.8, 4) is 12.3 Å². The van der Waals surface area contributed by atoms with Gasteiger partial charge < -0.3 is 5.73 Å². The maximum atomic E-state index is 5.67. The summed E-state index contributed by atoms with van der Waals surface area (Å²) < 4.78 is 0. The van der Waals surface area contributed by atoms with Gasteiger partial charge in [0.15, 0.2) is 0 Å². The van der Waals surface area contributed by atoms with E-state index in [0.29, 0.717) is 12.0 Å². The van der Waals surface area contributed by atoms with E-state index in [2.05, 4.69) is 24.7 Å². The lowest BCUT2D eigenvalue weighted by Gasteiger charge is -2.39. The Hall–Kier alpha value is -0.520. The van der Waals surface area contributed by atoms with E-state index in [4.69, 9.17) is 12.2 Å². The van der Waals surface area contributed by atoms with Crippen molar-refractivity contribution in [1.29, 1.82) is 0 Å². The smallest absolute Gasteiger partial charge is 0.0685 e. The maximum absolute atomic E-state index is 5.67. The van der Waals surface area contributed by atoms with Crippen LogP contribution in [0, 0.1) is 18.3 Å². The van der Waals surface area contributed by atoms with Crippen molar-refractivity contribution >= 4 is 0 Å². The van der Waals surface area contributed by atoms with Crippen LogP contribution in [0.2, 0.25) is 0 Å². The van der Waals surface area contributed by atoms with Crippen molar-refractivity contribution in [3.63, 3.8) is 0 Å². The van der Waals surface area contributed by atoms with E-state index in [0.717, 1.165) is 13.1 Å². The third kappa shape index (κ3) is 2.46. The first-order valence-electron chi connectivity index (χ1n) is 5.11. The molecule has 1 aliphatic heterocycles. The second kappa shape index (κ2) is 4.64. The lowest BCUT2D eigenvalue weighted by atomic mass is 9.92. The van der Waals surface area contributed by atoms with Crippen molar-refractivity contribution < 1.29 is 0 Å². The lowest BCUT2D eigenvalue weighted by molar-refractivity contribution is 0.104. The molecule has 0 aromatic carbocycles. The van der Waals surface area contributed by atoms with Crippen LogP contribution in [-0.2, 0) is 0 Å². The van der Waals surface area contributed by atoms with Crippen LogP contribution in [0.15, 0.2) is 0 Å². The lowest BCUT2D eigenvalue weighted by Crippen LogP contribution is -2.47. The molecule has 0 saturated carbocycles. The van der Waals surface area contributed by atoms with Gasteiger partial charge in [0.2, 0.25) is 0 Å². The van der Waals surface area contributed by atoms with Crippen LogP contribution in [-0.4, -0.2) is 30.1 Å². The highest BCUT2D eigenvalue weighted by molar-refractivity contribution is 5.00. The van der Waals surface area contributed by atoms with Crippen molar-refractivity contribution in [1.82, 2.24) is 4.90 Å². The van der Waals surface area contributed by atoms with Gasteiger partial charge in [0.05, 0.1) is 6.04 Å². The zero-order valence-electron chi connectivity index (χ0n) is 8.66. The van der Waals surface area contributed by atoms with Crippen LogP contribution >= 0.6 is 0 Å². The van der Waals surface area contributed by atoms with Crippen molar-refractivity contribution in [2.45, 2.75) is 38.8 Å². The summed E-state index contributed by atoms with van der Waals surface area (Å²) in [5, 5.41) is 0. The third-order valence-corrected chi connectivity index (χ3v) is 3.10. The molecule has 0 aromatic rings. The summed E-state index contributed by atoms with van der Waals surface area (Å²) in [6.45, 7) is 6.21. The molecule has 3 atom stereocenters. The van der Waals surface area contributed by atoms with E-state index in [9.17, 15) is 0 Å². The fourth-order valence-corrected chi connectivity index (χ4v) is 2.04. The van der Waals surface area contributed by atoms with Gasteiger partial charge in [-0.1, -0.05) is 5.92 Å². The van der Waals surface area contributed by atoms with Gasteiger partial charge in [0.25, 0.3) is 0 Å². The number of nitrogens with two attached hydrogens (primary N) is 1. The first-order valence-corrected chi connectivity index (χ1v) is 5.11. The zero-order valence-corrected chi connectivity index (χ0v) is 8.66. The van der Waals surface area contributed by atoms with Gasteiger partial charge in [-0.15, -0.1) is 6.42 Å². The molecule has 1 aliphatic rings. The topological polar surface area (TPSA) is 29.3 Å². The largest absolute Gasteiger partial charge is 0.330 e. The monoisotopic (exact) mass is 180 g/mol. The molecule has 0 radical (unpaired) electrons. The second-order valence-electron chi connectivity index (χ2n) is 4.07. The molecule has 2 heteroatoms. The summed E-state index contributed by atoms with van der Waals surface area (Å²) in [6.07, 6.45) is 7.91. The minimum Gasteiger partial charge on any atom is -0.330 e. The van der Waals surface area contributed by atoms with Crippen LogP contribution in [0.5, 0.6) is 0 Å². The molecule has 1 fully saturated rings. The second-order valence-corrected chi connectivity index (χ2v) is 4.07. The predicted molar refractivity (Wildman–Crippen MR) is 56.2 cm³/mol. The Kier molecular flexibility index (Phi) is 3.77. The van der Waals surface area contributed by atoms with E-state index in [-0.39, 0.29) is 6.04 Å². The summed E-state index contributed by atoms with van der Waals surface area (Å²) in [6, 6.07) is 0.873. The predicted octanol–water partition coefficient (Wildman–Crippen LogP) is 1.07. The quantitative estimate of drug-likeness (QED) is 0.644. The molecule has 1 rings (SSSR count). The molecule has 1 heterocycles. The molecule has 0 amide bonds. The standard InChI is InChI=1S/C11H20N2/c1-4-9(2)13-8-11(7-12)6-5-10(13)3/h1,9-11H,5-8,12H2,2-3H3. The first-order chi connectivity index (χ1) is 6.19. The SMILES string of the molecule is C#CC(C)N1CC(CN)CCC1C. The van der Waals surface area contributed by atoms with E-state index >= 15 is 0 Å². The average molecular weight is 180 g/mol. The summed E-state index contributed by atoms with van der Waals surface area (Å²) in [4.78, 5) is 2.39. The zero-order chi connectivity index (χ0) is 9.84. The number of piperidine rings is 1. The molecule has 2 N–H and O–H groups in total.